The summed E-state index contributed by atoms with van der Waals surface area (Å²) >= 11 is 6.57. The molecule has 1 N–H and O–H groups in total. The molecule has 0 aliphatic carbocycles. The number of likely N-dealkylation sites (N-methyl/N-ethyl adjacent to an activating group) is 1. The van der Waals surface area contributed by atoms with Gasteiger partial charge in [-0.05, 0) is 43.3 Å². The zero-order valence-corrected chi connectivity index (χ0v) is 15.3. The Bertz CT molecular complexity index is 918. The highest BCUT2D eigenvalue weighted by atomic mass is 35.5. The third kappa shape index (κ3) is 2.84. The van der Waals surface area contributed by atoms with Crippen LogP contribution in [-0.2, 0) is 25.1 Å². The lowest BCUT2D eigenvalue weighted by atomic mass is 9.96. The van der Waals surface area contributed by atoms with Crippen molar-refractivity contribution < 1.29 is 5.11 Å². The summed E-state index contributed by atoms with van der Waals surface area (Å²) in [5, 5.41) is 13.1. The van der Waals surface area contributed by atoms with E-state index < -0.39 is 5.60 Å². The van der Waals surface area contributed by atoms with E-state index in [1.807, 2.05) is 31.2 Å². The van der Waals surface area contributed by atoms with Crippen LogP contribution in [0.15, 0.2) is 42.7 Å². The van der Waals surface area contributed by atoms with E-state index in [0.717, 1.165) is 35.6 Å². The van der Waals surface area contributed by atoms with E-state index in [1.165, 1.54) is 16.6 Å². The lowest BCUT2D eigenvalue weighted by Crippen LogP contribution is -2.31. The molecular weight excluding hydrogens is 334 g/mol. The standard InChI is InChI=1S/C20H22ClN3O/c1-20(25,14-6-9-22-10-7-14)13-24-18-8-11-23(2)12-16(18)15-4-3-5-17(21)19(15)24/h3-7,9-10,25H,8,11-13H2,1-2H3/t20-/m1/s1. The molecule has 0 spiro atoms. The number of fused-ring (bicyclic) bond motifs is 3. The number of hydrogen-bond donors (Lipinski definition) is 1. The van der Waals surface area contributed by atoms with Crippen molar-refractivity contribution >= 4 is 22.5 Å². The van der Waals surface area contributed by atoms with Crippen LogP contribution in [-0.4, -0.2) is 33.1 Å². The predicted molar refractivity (Wildman–Crippen MR) is 101 cm³/mol. The van der Waals surface area contributed by atoms with Crippen LogP contribution >= 0.6 is 11.6 Å². The SMILES string of the molecule is CN1CCc2c(c3cccc(Cl)c3n2C[C@@](C)(O)c2ccncc2)C1. The fraction of sp³-hybridized carbons (Fsp3) is 0.350. The Morgan fingerprint density at radius 1 is 1.24 bits per heavy atom. The van der Waals surface area contributed by atoms with Crippen molar-refractivity contribution in [2.75, 3.05) is 13.6 Å². The summed E-state index contributed by atoms with van der Waals surface area (Å²) < 4.78 is 2.22. The third-order valence-corrected chi connectivity index (χ3v) is 5.49. The molecule has 1 aromatic carbocycles. The van der Waals surface area contributed by atoms with Gasteiger partial charge in [0, 0.05) is 43.0 Å². The van der Waals surface area contributed by atoms with Crippen LogP contribution in [0, 0.1) is 0 Å². The topological polar surface area (TPSA) is 41.3 Å². The molecule has 0 bridgehead atoms. The molecule has 0 saturated carbocycles. The Balaban J connectivity index is 1.87. The van der Waals surface area contributed by atoms with Crippen LogP contribution in [0.25, 0.3) is 10.9 Å². The van der Waals surface area contributed by atoms with Gasteiger partial charge in [0.2, 0.25) is 0 Å². The van der Waals surface area contributed by atoms with E-state index in [1.54, 1.807) is 12.4 Å². The minimum atomic E-state index is -0.995. The van der Waals surface area contributed by atoms with Crippen LogP contribution in [0.5, 0.6) is 0 Å². The van der Waals surface area contributed by atoms with Crippen molar-refractivity contribution in [3.8, 4) is 0 Å². The molecule has 3 heterocycles. The van der Waals surface area contributed by atoms with Gasteiger partial charge < -0.3 is 14.6 Å². The third-order valence-electron chi connectivity index (χ3n) is 5.18. The van der Waals surface area contributed by atoms with Crippen molar-refractivity contribution in [1.82, 2.24) is 14.5 Å². The average Bonchev–Trinajstić information content (AvgIpc) is 2.90. The number of rotatable bonds is 3. The molecule has 1 aliphatic rings. The zero-order chi connectivity index (χ0) is 17.6. The van der Waals surface area contributed by atoms with E-state index in [2.05, 4.69) is 27.6 Å². The van der Waals surface area contributed by atoms with Crippen LogP contribution in [0.3, 0.4) is 0 Å². The fourth-order valence-electron chi connectivity index (χ4n) is 3.88. The van der Waals surface area contributed by atoms with Gasteiger partial charge in [-0.1, -0.05) is 23.7 Å². The van der Waals surface area contributed by atoms with Crippen LogP contribution < -0.4 is 0 Å². The molecule has 1 aliphatic heterocycles. The number of aromatic nitrogens is 2. The Hall–Kier alpha value is -1.88. The average molecular weight is 356 g/mol. The molecule has 0 amide bonds. The van der Waals surface area contributed by atoms with Gasteiger partial charge in [0.25, 0.3) is 0 Å². The highest BCUT2D eigenvalue weighted by Gasteiger charge is 2.29. The second kappa shape index (κ2) is 6.13. The summed E-state index contributed by atoms with van der Waals surface area (Å²) in [6.07, 6.45) is 4.40. The second-order valence-corrected chi connectivity index (χ2v) is 7.55. The molecule has 1 atom stereocenters. The Labute approximate surface area is 152 Å². The van der Waals surface area contributed by atoms with Crippen molar-refractivity contribution in [3.63, 3.8) is 0 Å². The summed E-state index contributed by atoms with van der Waals surface area (Å²) in [4.78, 5) is 6.38. The van der Waals surface area contributed by atoms with Crippen molar-refractivity contribution in [1.29, 1.82) is 0 Å². The van der Waals surface area contributed by atoms with Gasteiger partial charge in [0.05, 0.1) is 17.1 Å². The largest absolute Gasteiger partial charge is 0.384 e. The van der Waals surface area contributed by atoms with Gasteiger partial charge in [-0.3, -0.25) is 4.98 Å². The minimum absolute atomic E-state index is 0.469. The number of benzene rings is 1. The molecule has 0 unspecified atom stereocenters. The quantitative estimate of drug-likeness (QED) is 0.780. The number of hydrogen-bond acceptors (Lipinski definition) is 3. The predicted octanol–water partition coefficient (Wildman–Crippen LogP) is 3.59. The first kappa shape index (κ1) is 16.6. The Kier molecular flexibility index (Phi) is 4.07. The van der Waals surface area contributed by atoms with Crippen molar-refractivity contribution in [2.24, 2.45) is 0 Å². The summed E-state index contributed by atoms with van der Waals surface area (Å²) in [6.45, 7) is 4.25. The fourth-order valence-corrected chi connectivity index (χ4v) is 4.16. The molecule has 2 aromatic heterocycles. The van der Waals surface area contributed by atoms with Gasteiger partial charge in [-0.25, -0.2) is 0 Å². The van der Waals surface area contributed by atoms with Crippen LogP contribution in [0.1, 0.15) is 23.7 Å². The number of halogens is 1. The van der Waals surface area contributed by atoms with E-state index in [-0.39, 0.29) is 0 Å². The second-order valence-electron chi connectivity index (χ2n) is 7.14. The normalized spacial score (nSPS) is 17.4. The summed E-state index contributed by atoms with van der Waals surface area (Å²) in [7, 11) is 2.14. The van der Waals surface area contributed by atoms with E-state index >= 15 is 0 Å². The van der Waals surface area contributed by atoms with Gasteiger partial charge in [-0.15, -0.1) is 0 Å². The van der Waals surface area contributed by atoms with E-state index in [4.69, 9.17) is 11.6 Å². The van der Waals surface area contributed by atoms with Gasteiger partial charge in [0.1, 0.15) is 5.60 Å². The number of para-hydroxylation sites is 1. The number of aliphatic hydroxyl groups is 1. The summed E-state index contributed by atoms with van der Waals surface area (Å²) in [6, 6.07) is 9.81. The molecule has 5 heteroatoms. The summed E-state index contributed by atoms with van der Waals surface area (Å²) in [5.74, 6) is 0. The van der Waals surface area contributed by atoms with Crippen LogP contribution in [0.2, 0.25) is 5.02 Å². The summed E-state index contributed by atoms with van der Waals surface area (Å²) in [5.41, 5.74) is 3.51. The first-order valence-corrected chi connectivity index (χ1v) is 8.95. The Morgan fingerprint density at radius 2 is 2.00 bits per heavy atom. The lowest BCUT2D eigenvalue weighted by molar-refractivity contribution is 0.0384. The Morgan fingerprint density at radius 3 is 2.76 bits per heavy atom. The van der Waals surface area contributed by atoms with Crippen molar-refractivity contribution in [2.45, 2.75) is 32.0 Å². The van der Waals surface area contributed by atoms with Crippen molar-refractivity contribution in [3.05, 3.63) is 64.6 Å². The lowest BCUT2D eigenvalue weighted by Gasteiger charge is -2.29. The van der Waals surface area contributed by atoms with Gasteiger partial charge in [0.15, 0.2) is 0 Å². The molecule has 25 heavy (non-hydrogen) atoms. The van der Waals surface area contributed by atoms with E-state index in [0.29, 0.717) is 6.54 Å². The smallest absolute Gasteiger partial charge is 0.105 e. The highest BCUT2D eigenvalue weighted by Crippen LogP contribution is 2.36. The monoisotopic (exact) mass is 355 g/mol. The maximum absolute atomic E-state index is 11.2. The molecule has 4 rings (SSSR count). The minimum Gasteiger partial charge on any atom is -0.384 e. The molecule has 4 nitrogen and oxygen atoms in total. The molecule has 3 aromatic rings. The number of pyridine rings is 1. The molecule has 0 radical (unpaired) electrons. The van der Waals surface area contributed by atoms with Gasteiger partial charge in [-0.2, -0.15) is 0 Å². The van der Waals surface area contributed by atoms with Crippen LogP contribution in [0.4, 0.5) is 0 Å². The molecule has 0 fully saturated rings. The molecule has 130 valence electrons. The van der Waals surface area contributed by atoms with E-state index in [9.17, 15) is 5.11 Å². The maximum atomic E-state index is 11.2. The maximum Gasteiger partial charge on any atom is 0.105 e. The molecule has 0 saturated heterocycles. The number of nitrogens with zero attached hydrogens (tertiary/aromatic N) is 3. The highest BCUT2D eigenvalue weighted by molar-refractivity contribution is 6.35. The first-order chi connectivity index (χ1) is 12.0. The van der Waals surface area contributed by atoms with Gasteiger partial charge >= 0.3 is 0 Å². The zero-order valence-electron chi connectivity index (χ0n) is 14.5. The first-order valence-electron chi connectivity index (χ1n) is 8.57. The molecular formula is C20H22ClN3O.